The van der Waals surface area contributed by atoms with Gasteiger partial charge in [0.15, 0.2) is 0 Å². The summed E-state index contributed by atoms with van der Waals surface area (Å²) in [6.07, 6.45) is 0. The molecule has 0 saturated carbocycles. The topological polar surface area (TPSA) is 3.24 Å². The fourth-order valence-electron chi connectivity index (χ4n) is 0.775. The summed E-state index contributed by atoms with van der Waals surface area (Å²) in [7, 11) is 0.858. The van der Waals surface area contributed by atoms with Crippen LogP contribution in [0.2, 0.25) is 32.7 Å². The summed E-state index contributed by atoms with van der Waals surface area (Å²) in [6, 6.07) is 0. The van der Waals surface area contributed by atoms with Gasteiger partial charge in [0.05, 0.1) is 8.96 Å². The first-order chi connectivity index (χ1) is 3.85. The summed E-state index contributed by atoms with van der Waals surface area (Å²) in [5.41, 5.74) is 0. The standard InChI is InChI=1S/C6H19NSi2.Sr.2H/c1-7(8(2)3)9(4,5)6;;;/h8H,1-6H3;;;. The van der Waals surface area contributed by atoms with E-state index in [4.69, 9.17) is 0 Å². The quantitative estimate of drug-likeness (QED) is 0.657. The number of hydrogen-bond donors (Lipinski definition) is 0. The predicted molar refractivity (Wildman–Crippen MR) is 58.5 cm³/mol. The molecule has 4 heteroatoms. The molecule has 0 rings (SSSR count). The van der Waals surface area contributed by atoms with Crippen molar-refractivity contribution in [2.75, 3.05) is 7.05 Å². The molecule has 0 amide bonds. The van der Waals surface area contributed by atoms with Gasteiger partial charge in [0, 0.05) is 0 Å². The van der Waals surface area contributed by atoms with E-state index < -0.39 is 17.2 Å². The molecule has 0 aliphatic carbocycles. The molecule has 0 spiro atoms. The minimum atomic E-state index is -0.929. The number of rotatable bonds is 2. The molecule has 0 aromatic heterocycles. The van der Waals surface area contributed by atoms with Crippen molar-refractivity contribution in [2.45, 2.75) is 32.7 Å². The van der Waals surface area contributed by atoms with Gasteiger partial charge in [-0.05, 0) is 7.05 Å². The van der Waals surface area contributed by atoms with Crippen LogP contribution in [0.1, 0.15) is 0 Å². The Hall–Kier alpha value is 1.87. The van der Waals surface area contributed by atoms with Crippen LogP contribution < -0.4 is 0 Å². The third-order valence-corrected chi connectivity index (χ3v) is 9.37. The van der Waals surface area contributed by atoms with Crippen molar-refractivity contribution in [3.8, 4) is 0 Å². The minimum absolute atomic E-state index is 0. The van der Waals surface area contributed by atoms with Crippen molar-refractivity contribution in [3.05, 3.63) is 0 Å². The predicted octanol–water partition coefficient (Wildman–Crippen LogP) is 0.820. The molecule has 0 radical (unpaired) electrons. The van der Waals surface area contributed by atoms with Crippen LogP contribution in [0.3, 0.4) is 0 Å². The number of nitrogens with zero attached hydrogens (tertiary/aromatic N) is 1. The Bertz CT molecular complexity index is 90.2. The van der Waals surface area contributed by atoms with Crippen LogP contribution in [0.4, 0.5) is 0 Å². The monoisotopic (exact) mass is 251 g/mol. The molecule has 0 saturated heterocycles. The Morgan fingerprint density at radius 3 is 1.40 bits per heavy atom. The van der Waals surface area contributed by atoms with E-state index in [0.29, 0.717) is 0 Å². The first-order valence-electron chi connectivity index (χ1n) is 3.58. The third-order valence-electron chi connectivity index (χ3n) is 1.83. The van der Waals surface area contributed by atoms with Crippen LogP contribution in [0.15, 0.2) is 0 Å². The Morgan fingerprint density at radius 2 is 1.40 bits per heavy atom. The summed E-state index contributed by atoms with van der Waals surface area (Å²) >= 11 is 0. The third kappa shape index (κ3) is 5.52. The summed E-state index contributed by atoms with van der Waals surface area (Å²) < 4.78 is 2.63. The maximum atomic E-state index is 2.63. The normalized spacial score (nSPS) is 12.0. The molecule has 0 aromatic rings. The van der Waals surface area contributed by atoms with Gasteiger partial charge in [-0.1, -0.05) is 32.7 Å². The Labute approximate surface area is 105 Å². The first kappa shape index (κ1) is 14.4. The summed E-state index contributed by atoms with van der Waals surface area (Å²) in [5, 5.41) is 0. The molecule has 1 nitrogen and oxygen atoms in total. The zero-order chi connectivity index (χ0) is 7.65. The van der Waals surface area contributed by atoms with Crippen LogP contribution >= 0.6 is 0 Å². The molecule has 0 aliphatic rings. The first-order valence-corrected chi connectivity index (χ1v) is 9.86. The maximum absolute atomic E-state index is 2.63. The zero-order valence-corrected chi connectivity index (χ0v) is 9.68. The molecule has 10 heavy (non-hydrogen) atoms. The van der Waals surface area contributed by atoms with E-state index in [2.05, 4.69) is 44.0 Å². The Kier molecular flexibility index (Phi) is 7.93. The second-order valence-electron chi connectivity index (χ2n) is 3.88. The summed E-state index contributed by atoms with van der Waals surface area (Å²) in [6.45, 7) is 12.0. The van der Waals surface area contributed by atoms with E-state index in [0.717, 1.165) is 0 Å². The van der Waals surface area contributed by atoms with E-state index in [9.17, 15) is 0 Å². The van der Waals surface area contributed by atoms with Crippen molar-refractivity contribution in [2.24, 2.45) is 0 Å². The summed E-state index contributed by atoms with van der Waals surface area (Å²) in [4.78, 5) is 0. The Morgan fingerprint density at radius 1 is 1.10 bits per heavy atom. The van der Waals surface area contributed by atoms with Crippen LogP contribution in [0.5, 0.6) is 0 Å². The van der Waals surface area contributed by atoms with Crippen molar-refractivity contribution < 1.29 is 0 Å². The molecule has 0 fully saturated rings. The molecule has 0 heterocycles. The van der Waals surface area contributed by atoms with Gasteiger partial charge >= 0.3 is 45.5 Å². The number of hydrogen-bond acceptors (Lipinski definition) is 1. The van der Waals surface area contributed by atoms with Gasteiger partial charge in [0.25, 0.3) is 0 Å². The van der Waals surface area contributed by atoms with Gasteiger partial charge in [-0.15, -0.1) is 0 Å². The fraction of sp³-hybridized carbons (Fsp3) is 1.00. The van der Waals surface area contributed by atoms with Gasteiger partial charge < -0.3 is 4.23 Å². The zero-order valence-electron chi connectivity index (χ0n) is 7.52. The second-order valence-corrected chi connectivity index (χ2v) is 12.4. The van der Waals surface area contributed by atoms with Crippen molar-refractivity contribution in [1.82, 2.24) is 4.23 Å². The van der Waals surface area contributed by atoms with Gasteiger partial charge in [-0.25, -0.2) is 0 Å². The van der Waals surface area contributed by atoms with E-state index in [-0.39, 0.29) is 45.5 Å². The molecule has 60 valence electrons. The summed E-state index contributed by atoms with van der Waals surface area (Å²) in [5.74, 6) is 0. The van der Waals surface area contributed by atoms with Crippen LogP contribution in [-0.4, -0.2) is 74.0 Å². The molecule has 0 aliphatic heterocycles. The molecule has 0 unspecified atom stereocenters. The average Bonchev–Trinajstić information content (AvgIpc) is 1.62. The van der Waals surface area contributed by atoms with Crippen LogP contribution in [-0.2, 0) is 0 Å². The molecular weight excluding hydrogens is 230 g/mol. The fourth-order valence-corrected chi connectivity index (χ4v) is 6.97. The van der Waals surface area contributed by atoms with Gasteiger partial charge in [-0.3, -0.25) is 0 Å². The average molecular weight is 251 g/mol. The molecular formula is C6H21NSi2Sr. The van der Waals surface area contributed by atoms with E-state index >= 15 is 0 Å². The van der Waals surface area contributed by atoms with Gasteiger partial charge in [0.1, 0.15) is 8.24 Å². The van der Waals surface area contributed by atoms with E-state index in [1.165, 1.54) is 0 Å². The van der Waals surface area contributed by atoms with Gasteiger partial charge in [0.2, 0.25) is 0 Å². The second kappa shape index (κ2) is 5.51. The molecule has 0 aromatic carbocycles. The SMILES string of the molecule is CN([SiH](C)C)[Si](C)(C)C.[SrH2]. The van der Waals surface area contributed by atoms with Crippen molar-refractivity contribution in [1.29, 1.82) is 0 Å². The van der Waals surface area contributed by atoms with Crippen molar-refractivity contribution in [3.63, 3.8) is 0 Å². The molecule has 0 bridgehead atoms. The van der Waals surface area contributed by atoms with Crippen LogP contribution in [0, 0.1) is 0 Å². The van der Waals surface area contributed by atoms with E-state index in [1.54, 1.807) is 0 Å². The molecule has 0 N–H and O–H groups in total. The van der Waals surface area contributed by atoms with Crippen LogP contribution in [0.25, 0.3) is 0 Å². The van der Waals surface area contributed by atoms with Gasteiger partial charge in [-0.2, -0.15) is 0 Å². The van der Waals surface area contributed by atoms with E-state index in [1.807, 2.05) is 0 Å². The molecule has 0 atom stereocenters. The Balaban J connectivity index is 0. The van der Waals surface area contributed by atoms with Crippen molar-refractivity contribution >= 4 is 62.7 Å².